The fraction of sp³-hybridized carbons (Fsp3) is 0.250. The number of carbonyl (C=O) groups excluding carboxylic acids is 3. The largest absolute Gasteiger partial charge is 0.494 e. The Morgan fingerprint density at radius 3 is 2.50 bits per heavy atom. The lowest BCUT2D eigenvalue weighted by Gasteiger charge is -2.33. The van der Waals surface area contributed by atoms with Crippen LogP contribution in [0.3, 0.4) is 0 Å². The number of amides is 3. The minimum Gasteiger partial charge on any atom is -0.494 e. The van der Waals surface area contributed by atoms with Crippen LogP contribution < -0.4 is 25.2 Å². The van der Waals surface area contributed by atoms with Crippen molar-refractivity contribution in [3.8, 4) is 11.5 Å². The van der Waals surface area contributed by atoms with E-state index in [1.807, 2.05) is 6.92 Å². The van der Waals surface area contributed by atoms with Crippen molar-refractivity contribution in [2.75, 3.05) is 18.1 Å². The Labute approximate surface area is 162 Å². The molecule has 0 radical (unpaired) electrons. The SMILES string of the molecule is CCOc1ccc(C(=O)NNC(=O)C2CN(C(C)=O)c3ccccc3O2)cc1. The summed E-state index contributed by atoms with van der Waals surface area (Å²) in [4.78, 5) is 38.0. The maximum Gasteiger partial charge on any atom is 0.281 e. The van der Waals surface area contributed by atoms with E-state index in [1.54, 1.807) is 48.5 Å². The van der Waals surface area contributed by atoms with Gasteiger partial charge in [-0.1, -0.05) is 12.1 Å². The molecule has 0 aromatic heterocycles. The number of carbonyl (C=O) groups is 3. The molecule has 0 fully saturated rings. The Kier molecular flexibility index (Phi) is 5.78. The molecule has 8 nitrogen and oxygen atoms in total. The number of nitrogens with one attached hydrogen (secondary N) is 2. The Balaban J connectivity index is 1.62. The van der Waals surface area contributed by atoms with E-state index in [1.165, 1.54) is 11.8 Å². The van der Waals surface area contributed by atoms with Gasteiger partial charge in [-0.2, -0.15) is 0 Å². The summed E-state index contributed by atoms with van der Waals surface area (Å²) in [5, 5.41) is 0. The molecule has 2 N–H and O–H groups in total. The van der Waals surface area contributed by atoms with E-state index >= 15 is 0 Å². The molecule has 0 spiro atoms. The Morgan fingerprint density at radius 2 is 1.82 bits per heavy atom. The molecule has 2 aromatic carbocycles. The number of hydrazine groups is 1. The third-order valence-electron chi connectivity index (χ3n) is 4.17. The van der Waals surface area contributed by atoms with Crippen molar-refractivity contribution in [1.82, 2.24) is 10.9 Å². The average molecular weight is 383 g/mol. The standard InChI is InChI=1S/C20H21N3O5/c1-3-27-15-10-8-14(9-11-15)19(25)21-22-20(26)18-12-23(13(2)24)16-6-4-5-7-17(16)28-18/h4-11,18H,3,12H2,1-2H3,(H,21,25)(H,22,26). The number of benzene rings is 2. The van der Waals surface area contributed by atoms with Crippen molar-refractivity contribution >= 4 is 23.4 Å². The first-order valence-electron chi connectivity index (χ1n) is 8.86. The number of para-hydroxylation sites is 2. The zero-order valence-corrected chi connectivity index (χ0v) is 15.6. The van der Waals surface area contributed by atoms with Gasteiger partial charge in [0.2, 0.25) is 5.91 Å². The lowest BCUT2D eigenvalue weighted by molar-refractivity contribution is -0.129. The normalized spacial score (nSPS) is 15.1. The third kappa shape index (κ3) is 4.22. The molecular weight excluding hydrogens is 362 g/mol. The highest BCUT2D eigenvalue weighted by atomic mass is 16.5. The van der Waals surface area contributed by atoms with Crippen LogP contribution in [-0.2, 0) is 9.59 Å². The van der Waals surface area contributed by atoms with E-state index in [2.05, 4.69) is 10.9 Å². The highest BCUT2D eigenvalue weighted by Gasteiger charge is 2.32. The number of fused-ring (bicyclic) bond motifs is 1. The lowest BCUT2D eigenvalue weighted by atomic mass is 10.2. The number of ether oxygens (including phenoxy) is 2. The molecule has 1 unspecified atom stereocenters. The predicted molar refractivity (Wildman–Crippen MR) is 102 cm³/mol. The van der Waals surface area contributed by atoms with Gasteiger partial charge in [-0.05, 0) is 43.3 Å². The maximum absolute atomic E-state index is 12.4. The second-order valence-corrected chi connectivity index (χ2v) is 6.10. The second kappa shape index (κ2) is 8.43. The van der Waals surface area contributed by atoms with Gasteiger partial charge in [-0.25, -0.2) is 0 Å². The molecule has 1 heterocycles. The van der Waals surface area contributed by atoms with Crippen LogP contribution in [0.4, 0.5) is 5.69 Å². The fourth-order valence-electron chi connectivity index (χ4n) is 2.81. The van der Waals surface area contributed by atoms with Gasteiger partial charge in [-0.15, -0.1) is 0 Å². The molecule has 1 aliphatic heterocycles. The summed E-state index contributed by atoms with van der Waals surface area (Å²) in [6, 6.07) is 13.5. The molecule has 0 saturated carbocycles. The first-order chi connectivity index (χ1) is 13.5. The van der Waals surface area contributed by atoms with Gasteiger partial charge in [0.15, 0.2) is 6.10 Å². The molecule has 3 rings (SSSR count). The van der Waals surface area contributed by atoms with Gasteiger partial charge >= 0.3 is 0 Å². The zero-order valence-electron chi connectivity index (χ0n) is 15.6. The Hall–Kier alpha value is -3.55. The van der Waals surface area contributed by atoms with Crippen molar-refractivity contribution < 1.29 is 23.9 Å². The Morgan fingerprint density at radius 1 is 1.11 bits per heavy atom. The Bertz CT molecular complexity index is 882. The molecule has 3 amide bonds. The predicted octanol–water partition coefficient (Wildman–Crippen LogP) is 1.66. The van der Waals surface area contributed by atoms with Crippen molar-refractivity contribution in [3.63, 3.8) is 0 Å². The van der Waals surface area contributed by atoms with Crippen LogP contribution in [-0.4, -0.2) is 37.0 Å². The van der Waals surface area contributed by atoms with Gasteiger partial charge < -0.3 is 14.4 Å². The van der Waals surface area contributed by atoms with E-state index in [0.29, 0.717) is 29.4 Å². The van der Waals surface area contributed by atoms with Crippen LogP contribution in [0, 0.1) is 0 Å². The highest BCUT2D eigenvalue weighted by molar-refractivity contribution is 5.98. The van der Waals surface area contributed by atoms with Gasteiger partial charge in [-0.3, -0.25) is 25.2 Å². The van der Waals surface area contributed by atoms with Crippen molar-refractivity contribution in [2.45, 2.75) is 20.0 Å². The first kappa shape index (κ1) is 19.2. The summed E-state index contributed by atoms with van der Waals surface area (Å²) in [7, 11) is 0. The molecule has 2 aromatic rings. The van der Waals surface area contributed by atoms with Gasteiger partial charge in [0.05, 0.1) is 18.8 Å². The van der Waals surface area contributed by atoms with Crippen molar-refractivity contribution in [3.05, 3.63) is 54.1 Å². The van der Waals surface area contributed by atoms with E-state index in [4.69, 9.17) is 9.47 Å². The highest BCUT2D eigenvalue weighted by Crippen LogP contribution is 2.33. The maximum atomic E-state index is 12.4. The van der Waals surface area contributed by atoms with Crippen molar-refractivity contribution in [1.29, 1.82) is 0 Å². The summed E-state index contributed by atoms with van der Waals surface area (Å²) < 4.78 is 11.0. The molecular formula is C20H21N3O5. The van der Waals surface area contributed by atoms with Crippen LogP contribution >= 0.6 is 0 Å². The molecule has 0 bridgehead atoms. The molecule has 8 heteroatoms. The minimum atomic E-state index is -0.945. The average Bonchev–Trinajstić information content (AvgIpc) is 2.71. The fourth-order valence-corrected chi connectivity index (χ4v) is 2.81. The van der Waals surface area contributed by atoms with Crippen LogP contribution in [0.15, 0.2) is 48.5 Å². The van der Waals surface area contributed by atoms with E-state index in [9.17, 15) is 14.4 Å². The summed E-state index contributed by atoms with van der Waals surface area (Å²) in [6.45, 7) is 3.88. The van der Waals surface area contributed by atoms with E-state index < -0.39 is 17.9 Å². The van der Waals surface area contributed by atoms with Crippen LogP contribution in [0.2, 0.25) is 0 Å². The lowest BCUT2D eigenvalue weighted by Crippen LogP contribution is -2.54. The smallest absolute Gasteiger partial charge is 0.281 e. The first-order valence-corrected chi connectivity index (χ1v) is 8.86. The zero-order chi connectivity index (χ0) is 20.1. The van der Waals surface area contributed by atoms with Crippen LogP contribution in [0.25, 0.3) is 0 Å². The third-order valence-corrected chi connectivity index (χ3v) is 4.17. The number of anilines is 1. The van der Waals surface area contributed by atoms with Gasteiger partial charge in [0.25, 0.3) is 11.8 Å². The topological polar surface area (TPSA) is 97.0 Å². The molecule has 146 valence electrons. The van der Waals surface area contributed by atoms with Crippen molar-refractivity contribution in [2.24, 2.45) is 0 Å². The summed E-state index contributed by atoms with van der Waals surface area (Å²) in [6.07, 6.45) is -0.945. The molecule has 28 heavy (non-hydrogen) atoms. The molecule has 1 atom stereocenters. The molecule has 0 aliphatic carbocycles. The van der Waals surface area contributed by atoms with E-state index in [0.717, 1.165) is 0 Å². The number of hydrogen-bond donors (Lipinski definition) is 2. The molecule has 0 saturated heterocycles. The second-order valence-electron chi connectivity index (χ2n) is 6.10. The summed E-state index contributed by atoms with van der Waals surface area (Å²) in [5.41, 5.74) is 5.67. The monoisotopic (exact) mass is 383 g/mol. The minimum absolute atomic E-state index is 0.0527. The number of nitrogens with zero attached hydrogens (tertiary/aromatic N) is 1. The molecule has 1 aliphatic rings. The van der Waals surface area contributed by atoms with Gasteiger partial charge in [0, 0.05) is 12.5 Å². The van der Waals surface area contributed by atoms with Crippen LogP contribution in [0.5, 0.6) is 11.5 Å². The van der Waals surface area contributed by atoms with E-state index in [-0.39, 0.29) is 12.5 Å². The van der Waals surface area contributed by atoms with Crippen LogP contribution in [0.1, 0.15) is 24.2 Å². The number of hydrogen-bond acceptors (Lipinski definition) is 5. The summed E-state index contributed by atoms with van der Waals surface area (Å²) >= 11 is 0. The quantitative estimate of drug-likeness (QED) is 0.783. The number of rotatable bonds is 4. The van der Waals surface area contributed by atoms with Gasteiger partial charge in [0.1, 0.15) is 11.5 Å². The summed E-state index contributed by atoms with van der Waals surface area (Å²) in [5.74, 6) is -0.147.